The molecular weight excluding hydrogens is 346 g/mol. The maximum Gasteiger partial charge on any atom is 0.0833 e. The minimum atomic E-state index is -0.630. The molecule has 3 aliphatic rings. The Morgan fingerprint density at radius 3 is 1.43 bits per heavy atom. The molecule has 1 saturated heterocycles. The van der Waals surface area contributed by atoms with Crippen molar-refractivity contribution in [3.8, 4) is 0 Å². The van der Waals surface area contributed by atoms with Crippen LogP contribution in [0.3, 0.4) is 0 Å². The Bertz CT molecular complexity index is 477. The second-order valence-corrected chi connectivity index (χ2v) is 11.7. The van der Waals surface area contributed by atoms with E-state index in [1.165, 1.54) is 12.8 Å². The fraction of sp³-hybridized carbons (Fsp3) is 1.00. The van der Waals surface area contributed by atoms with Crippen molar-refractivity contribution in [2.45, 2.75) is 123 Å². The summed E-state index contributed by atoms with van der Waals surface area (Å²) in [5, 5.41) is 27.8. The van der Waals surface area contributed by atoms with Crippen LogP contribution in [0.2, 0.25) is 0 Å². The molecule has 28 heavy (non-hydrogen) atoms. The van der Waals surface area contributed by atoms with Crippen LogP contribution in [0.5, 0.6) is 0 Å². The Morgan fingerprint density at radius 2 is 1.07 bits per heavy atom. The summed E-state index contributed by atoms with van der Waals surface area (Å²) in [4.78, 5) is 0. The molecule has 1 aliphatic heterocycles. The van der Waals surface area contributed by atoms with Crippen LogP contribution in [0.1, 0.15) is 99.3 Å². The first-order valence-corrected chi connectivity index (χ1v) is 12.3. The van der Waals surface area contributed by atoms with E-state index in [2.05, 4.69) is 46.9 Å². The molecule has 3 nitrogen and oxygen atoms in total. The molecule has 2 saturated carbocycles. The predicted octanol–water partition coefficient (Wildman–Crippen LogP) is 5.14. The summed E-state index contributed by atoms with van der Waals surface area (Å²) in [7, 11) is 0. The first kappa shape index (κ1) is 22.6. The standard InChI is InChI=1S/C25H47NO2/c1-16(2)20-12-10-18(5)14-24(20,27)22-8-7-9-23(26-22)25(28)15-19(6)11-13-21(25)17(3)4/h16-23,26-28H,7-15H2,1-6H3. The van der Waals surface area contributed by atoms with Crippen LogP contribution in [0.4, 0.5) is 0 Å². The highest BCUT2D eigenvalue weighted by Crippen LogP contribution is 2.48. The van der Waals surface area contributed by atoms with Gasteiger partial charge >= 0.3 is 0 Å². The minimum Gasteiger partial charge on any atom is -0.388 e. The third kappa shape index (κ3) is 4.18. The monoisotopic (exact) mass is 393 g/mol. The number of hydrogen-bond acceptors (Lipinski definition) is 3. The molecule has 1 heterocycles. The lowest BCUT2D eigenvalue weighted by Gasteiger charge is -2.55. The molecule has 2 aliphatic carbocycles. The van der Waals surface area contributed by atoms with Crippen LogP contribution >= 0.6 is 0 Å². The van der Waals surface area contributed by atoms with Crippen molar-refractivity contribution in [1.29, 1.82) is 0 Å². The van der Waals surface area contributed by atoms with Gasteiger partial charge in [0.05, 0.1) is 11.2 Å². The average molecular weight is 394 g/mol. The van der Waals surface area contributed by atoms with Gasteiger partial charge in [0.2, 0.25) is 0 Å². The maximum absolute atomic E-state index is 12.0. The van der Waals surface area contributed by atoms with E-state index in [1.807, 2.05) is 0 Å². The predicted molar refractivity (Wildman–Crippen MR) is 117 cm³/mol. The average Bonchev–Trinajstić information content (AvgIpc) is 2.61. The van der Waals surface area contributed by atoms with Crippen LogP contribution in [-0.4, -0.2) is 33.5 Å². The Hall–Kier alpha value is -0.120. The van der Waals surface area contributed by atoms with Gasteiger partial charge in [-0.1, -0.05) is 60.8 Å². The number of piperidine rings is 1. The molecule has 0 spiro atoms. The van der Waals surface area contributed by atoms with Crippen molar-refractivity contribution in [2.24, 2.45) is 35.5 Å². The van der Waals surface area contributed by atoms with Crippen molar-refractivity contribution < 1.29 is 10.2 Å². The van der Waals surface area contributed by atoms with Crippen LogP contribution in [0, 0.1) is 35.5 Å². The Labute approximate surface area is 174 Å². The summed E-state index contributed by atoms with van der Waals surface area (Å²) < 4.78 is 0. The molecule has 3 N–H and O–H groups in total. The number of aliphatic hydroxyl groups is 2. The van der Waals surface area contributed by atoms with Gasteiger partial charge in [0.25, 0.3) is 0 Å². The van der Waals surface area contributed by atoms with Crippen molar-refractivity contribution in [3.05, 3.63) is 0 Å². The van der Waals surface area contributed by atoms with E-state index in [-0.39, 0.29) is 12.1 Å². The fourth-order valence-corrected chi connectivity index (χ4v) is 7.40. The zero-order chi connectivity index (χ0) is 20.7. The summed E-state index contributed by atoms with van der Waals surface area (Å²) in [5.41, 5.74) is -1.26. The van der Waals surface area contributed by atoms with Gasteiger partial charge in [0, 0.05) is 12.1 Å². The highest BCUT2D eigenvalue weighted by Gasteiger charge is 2.54. The van der Waals surface area contributed by atoms with Gasteiger partial charge in [0.1, 0.15) is 0 Å². The van der Waals surface area contributed by atoms with Gasteiger partial charge < -0.3 is 15.5 Å². The molecule has 0 radical (unpaired) electrons. The molecule has 8 unspecified atom stereocenters. The van der Waals surface area contributed by atoms with Gasteiger partial charge in [0.15, 0.2) is 0 Å². The third-order valence-electron chi connectivity index (χ3n) is 8.78. The fourth-order valence-electron chi connectivity index (χ4n) is 7.40. The normalized spacial score (nSPS) is 48.2. The number of hydrogen-bond donors (Lipinski definition) is 3. The topological polar surface area (TPSA) is 52.5 Å². The highest BCUT2D eigenvalue weighted by molar-refractivity contribution is 5.09. The molecule has 0 aromatic heterocycles. The minimum absolute atomic E-state index is 0.121. The first-order valence-electron chi connectivity index (χ1n) is 12.3. The van der Waals surface area contributed by atoms with Gasteiger partial charge in [-0.05, 0) is 74.0 Å². The van der Waals surface area contributed by atoms with Crippen LogP contribution in [0.25, 0.3) is 0 Å². The smallest absolute Gasteiger partial charge is 0.0833 e. The highest BCUT2D eigenvalue weighted by atomic mass is 16.3. The lowest BCUT2D eigenvalue weighted by molar-refractivity contribution is -0.145. The van der Waals surface area contributed by atoms with Crippen molar-refractivity contribution in [1.82, 2.24) is 5.32 Å². The van der Waals surface area contributed by atoms with Crippen LogP contribution < -0.4 is 5.32 Å². The number of nitrogens with one attached hydrogen (secondary N) is 1. The Kier molecular flexibility index (Phi) is 6.89. The summed E-state index contributed by atoms with van der Waals surface area (Å²) in [6.07, 6.45) is 9.75. The third-order valence-corrected chi connectivity index (χ3v) is 8.78. The Balaban J connectivity index is 1.84. The molecule has 3 heteroatoms. The first-order chi connectivity index (χ1) is 13.1. The van der Waals surface area contributed by atoms with E-state index in [9.17, 15) is 10.2 Å². The Morgan fingerprint density at radius 1 is 0.679 bits per heavy atom. The van der Waals surface area contributed by atoms with Crippen LogP contribution in [-0.2, 0) is 0 Å². The lowest BCUT2D eigenvalue weighted by atomic mass is 9.60. The largest absolute Gasteiger partial charge is 0.388 e. The van der Waals surface area contributed by atoms with Gasteiger partial charge in [-0.25, -0.2) is 0 Å². The summed E-state index contributed by atoms with van der Waals surface area (Å²) in [6.45, 7) is 13.7. The van der Waals surface area contributed by atoms with Crippen molar-refractivity contribution in [3.63, 3.8) is 0 Å². The molecule has 0 aromatic rings. The van der Waals surface area contributed by atoms with Gasteiger partial charge in [-0.2, -0.15) is 0 Å². The molecule has 0 bridgehead atoms. The molecule has 164 valence electrons. The summed E-state index contributed by atoms with van der Waals surface area (Å²) in [6, 6.07) is 0.242. The second-order valence-electron chi connectivity index (χ2n) is 11.7. The quantitative estimate of drug-likeness (QED) is 0.619. The maximum atomic E-state index is 12.0. The molecule has 3 fully saturated rings. The molecule has 8 atom stereocenters. The second kappa shape index (κ2) is 8.55. The zero-order valence-electron chi connectivity index (χ0n) is 19.4. The SMILES string of the molecule is CC1CCC(C(C)C)C(O)(C2CCCC(C3(O)CC(C)CCC3C(C)C)N2)C1. The zero-order valence-corrected chi connectivity index (χ0v) is 19.4. The lowest BCUT2D eigenvalue weighted by Crippen LogP contribution is -2.68. The number of rotatable bonds is 4. The van der Waals surface area contributed by atoms with E-state index in [1.54, 1.807) is 0 Å². The van der Waals surface area contributed by atoms with Crippen LogP contribution in [0.15, 0.2) is 0 Å². The van der Waals surface area contributed by atoms with Gasteiger partial charge in [-0.15, -0.1) is 0 Å². The molecular formula is C25H47NO2. The van der Waals surface area contributed by atoms with E-state index >= 15 is 0 Å². The van der Waals surface area contributed by atoms with Crippen molar-refractivity contribution in [2.75, 3.05) is 0 Å². The molecule has 3 rings (SSSR count). The molecule has 0 amide bonds. The molecule has 0 aromatic carbocycles. The van der Waals surface area contributed by atoms with E-state index in [0.29, 0.717) is 35.5 Å². The van der Waals surface area contributed by atoms with E-state index in [0.717, 1.165) is 44.9 Å². The van der Waals surface area contributed by atoms with Gasteiger partial charge in [-0.3, -0.25) is 0 Å². The van der Waals surface area contributed by atoms with E-state index < -0.39 is 11.2 Å². The van der Waals surface area contributed by atoms with Crippen molar-refractivity contribution >= 4 is 0 Å². The van der Waals surface area contributed by atoms with E-state index in [4.69, 9.17) is 0 Å². The summed E-state index contributed by atoms with van der Waals surface area (Å²) in [5.74, 6) is 2.90. The summed E-state index contributed by atoms with van der Waals surface area (Å²) >= 11 is 0.